The van der Waals surface area contributed by atoms with Crippen molar-refractivity contribution in [3.63, 3.8) is 0 Å². The number of fused-ring (bicyclic) bond motifs is 2. The summed E-state index contributed by atoms with van der Waals surface area (Å²) in [6.45, 7) is 2.59. The largest absolute Gasteiger partial charge is 0.354 e. The van der Waals surface area contributed by atoms with Crippen LogP contribution in [-0.4, -0.2) is 42.1 Å². The van der Waals surface area contributed by atoms with Crippen molar-refractivity contribution in [3.05, 3.63) is 32.7 Å². The van der Waals surface area contributed by atoms with E-state index in [-0.39, 0.29) is 11.6 Å². The van der Waals surface area contributed by atoms with Crippen LogP contribution < -0.4 is 16.6 Å². The molecule has 0 saturated carbocycles. The maximum absolute atomic E-state index is 13.1. The van der Waals surface area contributed by atoms with E-state index in [4.69, 9.17) is 28.9 Å². The molecular weight excluding hydrogens is 427 g/mol. The van der Waals surface area contributed by atoms with Crippen LogP contribution in [0.3, 0.4) is 0 Å². The average Bonchev–Trinajstić information content (AvgIpc) is 3.25. The number of nitrogens with two attached hydrogens (primary N) is 1. The number of aromatic amines is 1. The van der Waals surface area contributed by atoms with E-state index in [1.54, 1.807) is 30.9 Å². The number of aryl methyl sites for hydroxylation is 1. The Bertz CT molecular complexity index is 1310. The second-order valence-corrected chi connectivity index (χ2v) is 8.00. The van der Waals surface area contributed by atoms with Crippen LogP contribution in [0, 0.1) is 0 Å². The highest BCUT2D eigenvalue weighted by atomic mass is 35.5. The van der Waals surface area contributed by atoms with Gasteiger partial charge < -0.3 is 11.1 Å². The maximum atomic E-state index is 13.1. The molecule has 0 bridgehead atoms. The lowest BCUT2D eigenvalue weighted by Crippen LogP contribution is -2.31. The smallest absolute Gasteiger partial charge is 0.266 e. The summed E-state index contributed by atoms with van der Waals surface area (Å²) in [5.41, 5.74) is 7.84. The zero-order valence-corrected chi connectivity index (χ0v) is 18.3. The summed E-state index contributed by atoms with van der Waals surface area (Å²) in [4.78, 5) is 17.6. The van der Waals surface area contributed by atoms with Gasteiger partial charge in [-0.25, -0.2) is 0 Å². The van der Waals surface area contributed by atoms with Gasteiger partial charge in [-0.05, 0) is 18.6 Å². The van der Waals surface area contributed by atoms with Crippen molar-refractivity contribution >= 4 is 51.1 Å². The lowest BCUT2D eigenvalue weighted by molar-refractivity contribution is 0.622. The molecule has 4 N–H and O–H groups in total. The van der Waals surface area contributed by atoms with Crippen molar-refractivity contribution in [1.82, 2.24) is 29.5 Å². The fraction of sp³-hybridized carbons (Fsp3) is 0.368. The lowest BCUT2D eigenvalue weighted by atomic mass is 10.1. The zero-order valence-electron chi connectivity index (χ0n) is 16.8. The molecule has 0 amide bonds. The van der Waals surface area contributed by atoms with E-state index in [0.29, 0.717) is 55.9 Å². The molecule has 0 aliphatic rings. The Labute approximate surface area is 182 Å². The van der Waals surface area contributed by atoms with Crippen molar-refractivity contribution in [2.75, 3.05) is 11.9 Å². The van der Waals surface area contributed by atoms with Gasteiger partial charge in [-0.2, -0.15) is 15.2 Å². The Hall–Kier alpha value is -2.62. The van der Waals surface area contributed by atoms with Crippen LogP contribution in [-0.2, 0) is 14.1 Å². The first-order valence-corrected chi connectivity index (χ1v) is 10.3. The van der Waals surface area contributed by atoms with Gasteiger partial charge in [-0.3, -0.25) is 19.1 Å². The van der Waals surface area contributed by atoms with E-state index in [1.807, 2.05) is 0 Å². The second kappa shape index (κ2) is 7.90. The summed E-state index contributed by atoms with van der Waals surface area (Å²) in [5.74, 6) is 0.422. The van der Waals surface area contributed by atoms with Crippen LogP contribution in [0.5, 0.6) is 0 Å². The molecule has 30 heavy (non-hydrogen) atoms. The van der Waals surface area contributed by atoms with Gasteiger partial charge in [-0.15, -0.1) is 0 Å². The average molecular weight is 449 g/mol. The lowest BCUT2D eigenvalue weighted by Gasteiger charge is -2.14. The normalized spacial score (nSPS) is 12.7. The molecule has 3 aromatic heterocycles. The van der Waals surface area contributed by atoms with Crippen molar-refractivity contribution < 1.29 is 0 Å². The van der Waals surface area contributed by atoms with Crippen molar-refractivity contribution in [2.45, 2.75) is 25.8 Å². The molecule has 0 unspecified atom stereocenters. The van der Waals surface area contributed by atoms with Crippen LogP contribution in [0.4, 0.5) is 5.95 Å². The predicted molar refractivity (Wildman–Crippen MR) is 120 cm³/mol. The van der Waals surface area contributed by atoms with E-state index in [1.165, 1.54) is 4.57 Å². The number of benzene rings is 1. The van der Waals surface area contributed by atoms with Gasteiger partial charge in [-0.1, -0.05) is 36.5 Å². The number of halogens is 2. The Morgan fingerprint density at radius 2 is 2.03 bits per heavy atom. The number of H-pyrrole nitrogens is 1. The second-order valence-electron chi connectivity index (χ2n) is 7.26. The van der Waals surface area contributed by atoms with E-state index in [9.17, 15) is 4.79 Å². The van der Waals surface area contributed by atoms with Gasteiger partial charge in [0.1, 0.15) is 16.2 Å². The molecule has 1 aromatic carbocycles. The van der Waals surface area contributed by atoms with E-state index < -0.39 is 0 Å². The molecule has 0 fully saturated rings. The summed E-state index contributed by atoms with van der Waals surface area (Å²) >= 11 is 13.0. The minimum absolute atomic E-state index is 0.0188. The Morgan fingerprint density at radius 3 is 2.77 bits per heavy atom. The molecule has 4 rings (SSSR count). The molecular formula is C19H22Cl2N8O. The summed E-state index contributed by atoms with van der Waals surface area (Å²) in [5, 5.41) is 16.4. The molecule has 4 aromatic rings. The Kier molecular flexibility index (Phi) is 5.44. The number of anilines is 1. The van der Waals surface area contributed by atoms with E-state index in [2.05, 4.69) is 32.5 Å². The fourth-order valence-corrected chi connectivity index (χ4v) is 4.12. The molecule has 11 heteroatoms. The first-order valence-electron chi connectivity index (χ1n) is 9.59. The Balaban J connectivity index is 1.82. The van der Waals surface area contributed by atoms with Crippen LogP contribution in [0.25, 0.3) is 33.2 Å². The maximum Gasteiger partial charge on any atom is 0.266 e. The molecule has 9 nitrogen and oxygen atoms in total. The number of rotatable bonds is 6. The van der Waals surface area contributed by atoms with Gasteiger partial charge in [0.2, 0.25) is 5.95 Å². The first kappa shape index (κ1) is 20.6. The number of hydrogen-bond acceptors (Lipinski definition) is 6. The van der Waals surface area contributed by atoms with Crippen molar-refractivity contribution in [3.8, 4) is 11.3 Å². The van der Waals surface area contributed by atoms with Crippen LogP contribution in [0.2, 0.25) is 10.2 Å². The first-order chi connectivity index (χ1) is 14.3. The molecule has 0 aliphatic carbocycles. The molecule has 3 heterocycles. The van der Waals surface area contributed by atoms with Gasteiger partial charge in [0.05, 0.1) is 15.9 Å². The monoisotopic (exact) mass is 448 g/mol. The molecule has 0 radical (unpaired) electrons. The molecule has 158 valence electrons. The standard InChI is InChI=1S/C19H22Cl2N8O/c1-4-5-9(22)8-23-19-24-17-13(18(30)28(19)2)15(25-26-17)10-6-7-11-12(14(10)20)16(21)29(3)27-11/h6-7,9H,4-5,8,22H2,1-3H3,(H2,23,24,25,26)/t9-/m0/s1. The van der Waals surface area contributed by atoms with Crippen LogP contribution in [0.15, 0.2) is 16.9 Å². The zero-order chi connectivity index (χ0) is 21.6. The number of hydrogen-bond donors (Lipinski definition) is 3. The third-order valence-corrected chi connectivity index (χ3v) is 5.93. The SMILES string of the molecule is CCC[C@H](N)CNc1nc2[nH]nc(-c3ccc4nn(C)c(Cl)c4c3Cl)c2c(=O)n1C. The highest BCUT2D eigenvalue weighted by molar-refractivity contribution is 6.43. The molecule has 0 spiro atoms. The number of nitrogens with zero attached hydrogens (tertiary/aromatic N) is 5. The third-order valence-electron chi connectivity index (χ3n) is 5.11. The number of nitrogens with one attached hydrogen (secondary N) is 2. The number of aromatic nitrogens is 6. The van der Waals surface area contributed by atoms with E-state index >= 15 is 0 Å². The predicted octanol–water partition coefficient (Wildman–Crippen LogP) is 3.06. The minimum atomic E-state index is -0.247. The minimum Gasteiger partial charge on any atom is -0.354 e. The summed E-state index contributed by atoms with van der Waals surface area (Å²) < 4.78 is 3.00. The Morgan fingerprint density at radius 1 is 1.27 bits per heavy atom. The highest BCUT2D eigenvalue weighted by Gasteiger charge is 2.21. The summed E-state index contributed by atoms with van der Waals surface area (Å²) in [6, 6.07) is 3.56. The molecule has 1 atom stereocenters. The third kappa shape index (κ3) is 3.32. The molecule has 0 aliphatic heterocycles. The van der Waals surface area contributed by atoms with E-state index in [0.717, 1.165) is 12.8 Å². The van der Waals surface area contributed by atoms with Gasteiger partial charge >= 0.3 is 0 Å². The summed E-state index contributed by atoms with van der Waals surface area (Å²) in [7, 11) is 3.39. The molecule has 0 saturated heterocycles. The van der Waals surface area contributed by atoms with Gasteiger partial charge in [0.25, 0.3) is 5.56 Å². The van der Waals surface area contributed by atoms with Gasteiger partial charge in [0.15, 0.2) is 5.65 Å². The topological polar surface area (TPSA) is 119 Å². The quantitative estimate of drug-likeness (QED) is 0.416. The highest BCUT2D eigenvalue weighted by Crippen LogP contribution is 2.38. The van der Waals surface area contributed by atoms with Gasteiger partial charge in [0, 0.05) is 32.2 Å². The van der Waals surface area contributed by atoms with Crippen LogP contribution in [0.1, 0.15) is 19.8 Å². The fourth-order valence-electron chi connectivity index (χ4n) is 3.50. The summed E-state index contributed by atoms with van der Waals surface area (Å²) in [6.07, 6.45) is 1.87. The van der Waals surface area contributed by atoms with Crippen LogP contribution >= 0.6 is 23.2 Å². The van der Waals surface area contributed by atoms with Crippen molar-refractivity contribution in [2.24, 2.45) is 19.8 Å². The van der Waals surface area contributed by atoms with Crippen molar-refractivity contribution in [1.29, 1.82) is 0 Å².